The predicted molar refractivity (Wildman–Crippen MR) is 78.6 cm³/mol. The molecule has 3 aromatic rings. The largest absolute Gasteiger partial charge is 0.492 e. The first kappa shape index (κ1) is 16.3. The number of ether oxygens (including phenoxy) is 1. The van der Waals surface area contributed by atoms with Gasteiger partial charge in [-0.2, -0.15) is 10.1 Å². The van der Waals surface area contributed by atoms with Gasteiger partial charge in [0.15, 0.2) is 17.4 Å². The lowest BCUT2D eigenvalue weighted by Gasteiger charge is -2.16. The third-order valence-electron chi connectivity index (χ3n) is 3.54. The van der Waals surface area contributed by atoms with Crippen LogP contribution in [0.25, 0.3) is 11.2 Å². The maximum absolute atomic E-state index is 9.92. The van der Waals surface area contributed by atoms with Crippen molar-refractivity contribution >= 4 is 11.2 Å². The van der Waals surface area contributed by atoms with Crippen LogP contribution in [-0.2, 0) is 4.74 Å². The number of aliphatic hydroxyl groups is 3. The van der Waals surface area contributed by atoms with Crippen molar-refractivity contribution in [3.63, 3.8) is 0 Å². The molecule has 128 valence electrons. The van der Waals surface area contributed by atoms with Gasteiger partial charge < -0.3 is 25.2 Å². The molecule has 0 radical (unpaired) electrons. The van der Waals surface area contributed by atoms with Crippen LogP contribution in [0.1, 0.15) is 6.23 Å². The third-order valence-corrected chi connectivity index (χ3v) is 3.54. The van der Waals surface area contributed by atoms with Gasteiger partial charge in [0.2, 0.25) is 5.88 Å². The SMILES string of the molecule is OC[C@H]1O[C@@H](n2cnc3c(O)ncnc32)[C@H](O)[C@@H]1O.c1cn[nH]c1. The van der Waals surface area contributed by atoms with Crippen LogP contribution in [-0.4, -0.2) is 75.1 Å². The molecule has 0 aliphatic carbocycles. The van der Waals surface area contributed by atoms with Crippen molar-refractivity contribution in [2.45, 2.75) is 24.5 Å². The van der Waals surface area contributed by atoms with E-state index in [2.05, 4.69) is 25.1 Å². The summed E-state index contributed by atoms with van der Waals surface area (Å²) >= 11 is 0. The Hall–Kier alpha value is -2.60. The Morgan fingerprint density at radius 2 is 2.04 bits per heavy atom. The molecule has 5 N–H and O–H groups in total. The highest BCUT2D eigenvalue weighted by molar-refractivity contribution is 5.75. The van der Waals surface area contributed by atoms with Gasteiger partial charge in [0.25, 0.3) is 0 Å². The number of hydrogen-bond acceptors (Lipinski definition) is 9. The molecule has 0 amide bonds. The Labute approximate surface area is 135 Å². The average Bonchev–Trinajstić information content (AvgIpc) is 3.32. The van der Waals surface area contributed by atoms with Crippen LogP contribution in [0.2, 0.25) is 0 Å². The summed E-state index contributed by atoms with van der Waals surface area (Å²) in [5, 5.41) is 44.4. The number of aromatic hydroxyl groups is 1. The van der Waals surface area contributed by atoms with Gasteiger partial charge >= 0.3 is 0 Å². The number of aliphatic hydroxyl groups excluding tert-OH is 3. The molecular formula is C13H16N6O5. The molecule has 0 spiro atoms. The Kier molecular flexibility index (Phi) is 4.66. The van der Waals surface area contributed by atoms with Crippen molar-refractivity contribution in [1.82, 2.24) is 29.7 Å². The minimum Gasteiger partial charge on any atom is -0.492 e. The summed E-state index contributed by atoms with van der Waals surface area (Å²) in [6, 6.07) is 1.83. The van der Waals surface area contributed by atoms with E-state index in [0.29, 0.717) is 0 Å². The Bertz CT molecular complexity index is 761. The fourth-order valence-corrected chi connectivity index (χ4v) is 2.35. The monoisotopic (exact) mass is 336 g/mol. The second-order valence-corrected chi connectivity index (χ2v) is 5.02. The molecule has 3 aromatic heterocycles. The molecule has 24 heavy (non-hydrogen) atoms. The van der Waals surface area contributed by atoms with Crippen molar-refractivity contribution in [1.29, 1.82) is 0 Å². The number of aromatic amines is 1. The van der Waals surface area contributed by atoms with Crippen LogP contribution >= 0.6 is 0 Å². The van der Waals surface area contributed by atoms with Gasteiger partial charge in [0.05, 0.1) is 12.9 Å². The minimum atomic E-state index is -1.23. The number of nitrogens with zero attached hydrogens (tertiary/aromatic N) is 5. The van der Waals surface area contributed by atoms with Gasteiger partial charge in [-0.1, -0.05) is 0 Å². The quantitative estimate of drug-likeness (QED) is 0.377. The molecule has 1 fully saturated rings. The topological polar surface area (TPSA) is 162 Å². The van der Waals surface area contributed by atoms with E-state index in [1.54, 1.807) is 12.4 Å². The van der Waals surface area contributed by atoms with Gasteiger partial charge in [-0.25, -0.2) is 9.97 Å². The van der Waals surface area contributed by atoms with Crippen molar-refractivity contribution in [3.8, 4) is 5.88 Å². The van der Waals surface area contributed by atoms with Gasteiger partial charge in [-0.3, -0.25) is 9.67 Å². The number of aromatic nitrogens is 6. The smallest absolute Gasteiger partial charge is 0.242 e. The highest BCUT2D eigenvalue weighted by Crippen LogP contribution is 2.32. The minimum absolute atomic E-state index is 0.167. The van der Waals surface area contributed by atoms with Crippen LogP contribution in [0.5, 0.6) is 5.88 Å². The van der Waals surface area contributed by atoms with Gasteiger partial charge in [0.1, 0.15) is 24.6 Å². The zero-order chi connectivity index (χ0) is 17.1. The summed E-state index contributed by atoms with van der Waals surface area (Å²) < 4.78 is 6.73. The number of fused-ring (bicyclic) bond motifs is 1. The molecular weight excluding hydrogens is 320 g/mol. The number of hydrogen-bond donors (Lipinski definition) is 5. The summed E-state index contributed by atoms with van der Waals surface area (Å²) in [7, 11) is 0. The second-order valence-electron chi connectivity index (χ2n) is 5.02. The molecule has 4 heterocycles. The zero-order valence-electron chi connectivity index (χ0n) is 12.3. The molecule has 0 bridgehead atoms. The van der Waals surface area contributed by atoms with Crippen LogP contribution in [0.3, 0.4) is 0 Å². The Morgan fingerprint density at radius 3 is 2.62 bits per heavy atom. The van der Waals surface area contributed by atoms with Gasteiger partial charge in [0, 0.05) is 12.4 Å². The zero-order valence-corrected chi connectivity index (χ0v) is 12.3. The molecule has 11 nitrogen and oxygen atoms in total. The molecule has 0 aromatic carbocycles. The van der Waals surface area contributed by atoms with E-state index in [1.807, 2.05) is 6.07 Å². The lowest BCUT2D eigenvalue weighted by Crippen LogP contribution is -2.33. The van der Waals surface area contributed by atoms with E-state index < -0.39 is 31.1 Å². The van der Waals surface area contributed by atoms with Crippen molar-refractivity contribution in [2.24, 2.45) is 0 Å². The summed E-state index contributed by atoms with van der Waals surface area (Å²) in [6.07, 6.45) is 1.67. The van der Waals surface area contributed by atoms with Crippen molar-refractivity contribution in [2.75, 3.05) is 6.61 Å². The van der Waals surface area contributed by atoms with E-state index in [4.69, 9.17) is 9.84 Å². The maximum Gasteiger partial charge on any atom is 0.242 e. The molecule has 1 aliphatic rings. The predicted octanol–water partition coefficient (Wildman–Crippen LogP) is -1.45. The number of rotatable bonds is 2. The van der Waals surface area contributed by atoms with Crippen LogP contribution in [0.4, 0.5) is 0 Å². The fraction of sp³-hybridized carbons (Fsp3) is 0.385. The van der Waals surface area contributed by atoms with E-state index in [1.165, 1.54) is 10.9 Å². The highest BCUT2D eigenvalue weighted by Gasteiger charge is 2.43. The van der Waals surface area contributed by atoms with Gasteiger partial charge in [-0.05, 0) is 6.07 Å². The molecule has 11 heteroatoms. The second kappa shape index (κ2) is 6.88. The summed E-state index contributed by atoms with van der Waals surface area (Å²) in [5.41, 5.74) is 0.433. The molecule has 1 aliphatic heterocycles. The van der Waals surface area contributed by atoms with Crippen molar-refractivity contribution in [3.05, 3.63) is 31.1 Å². The van der Waals surface area contributed by atoms with Crippen LogP contribution in [0, 0.1) is 0 Å². The highest BCUT2D eigenvalue weighted by atomic mass is 16.6. The van der Waals surface area contributed by atoms with E-state index in [-0.39, 0.29) is 17.0 Å². The van der Waals surface area contributed by atoms with E-state index in [9.17, 15) is 15.3 Å². The van der Waals surface area contributed by atoms with Gasteiger partial charge in [-0.15, -0.1) is 0 Å². The lowest BCUT2D eigenvalue weighted by molar-refractivity contribution is -0.0511. The van der Waals surface area contributed by atoms with E-state index in [0.717, 1.165) is 6.33 Å². The first-order chi connectivity index (χ1) is 11.6. The third kappa shape index (κ3) is 2.92. The normalized spacial score (nSPS) is 26.3. The molecule has 4 rings (SSSR count). The number of imidazole rings is 1. The van der Waals surface area contributed by atoms with E-state index >= 15 is 0 Å². The number of nitrogens with one attached hydrogen (secondary N) is 1. The van der Waals surface area contributed by atoms with Crippen LogP contribution < -0.4 is 0 Å². The fourth-order valence-electron chi connectivity index (χ4n) is 2.35. The standard InChI is InChI=1S/C10H12N4O5.C3H4N2/c15-1-4-6(16)7(17)10(19-4)14-3-13-5-8(14)11-2-12-9(5)18;1-2-4-5-3-1/h2-4,6-7,10,15-17H,1H2,(H,11,12,18);1-3H,(H,4,5)/t4-,6-,7-,10-;/m1./s1. The summed E-state index contributed by atoms with van der Waals surface area (Å²) in [6.45, 7) is -0.415. The Morgan fingerprint density at radius 1 is 1.21 bits per heavy atom. The maximum atomic E-state index is 9.92. The van der Waals surface area contributed by atoms with Crippen LogP contribution in [0.15, 0.2) is 31.1 Å². The molecule has 0 saturated carbocycles. The Balaban J connectivity index is 0.000000290. The first-order valence-corrected chi connectivity index (χ1v) is 7.06. The molecule has 4 atom stereocenters. The van der Waals surface area contributed by atoms with Crippen molar-refractivity contribution < 1.29 is 25.2 Å². The molecule has 0 unspecified atom stereocenters. The summed E-state index contributed by atoms with van der Waals surface area (Å²) in [5.74, 6) is -0.282. The average molecular weight is 336 g/mol. The number of H-pyrrole nitrogens is 1. The lowest BCUT2D eigenvalue weighted by atomic mass is 10.1. The first-order valence-electron chi connectivity index (χ1n) is 7.06. The molecule has 1 saturated heterocycles. The summed E-state index contributed by atoms with van der Waals surface area (Å²) in [4.78, 5) is 11.5.